The third kappa shape index (κ3) is 3.11. The maximum Gasteiger partial charge on any atom is 0.237 e. The van der Waals surface area contributed by atoms with E-state index < -0.39 is 0 Å². The summed E-state index contributed by atoms with van der Waals surface area (Å²) >= 11 is 11.3. The Morgan fingerprint density at radius 2 is 1.93 bits per heavy atom. The lowest BCUT2D eigenvalue weighted by Crippen LogP contribution is -2.30. The number of hydrogen-bond donors (Lipinski definition) is 0. The molecule has 2 nitrogen and oxygen atoms in total. The highest BCUT2D eigenvalue weighted by Gasteiger charge is 2.15. The zero-order valence-corrected chi connectivity index (χ0v) is 10.2. The number of carbonyl (C=O) groups excluding carboxylic acids is 1. The smallest absolute Gasteiger partial charge is 0.237 e. The molecule has 0 N–H and O–H groups in total. The SMILES string of the molecule is CC(c1ccc(Cl)cc1)N(C)C(=O)CCl. The molecule has 0 aliphatic rings. The Morgan fingerprint density at radius 1 is 1.40 bits per heavy atom. The summed E-state index contributed by atoms with van der Waals surface area (Å²) in [5, 5.41) is 0.692. The topological polar surface area (TPSA) is 20.3 Å². The van der Waals surface area contributed by atoms with Crippen molar-refractivity contribution in [2.24, 2.45) is 0 Å². The summed E-state index contributed by atoms with van der Waals surface area (Å²) in [5.74, 6) is -0.0758. The van der Waals surface area contributed by atoms with Crippen LogP contribution in [0.2, 0.25) is 5.02 Å². The molecule has 0 aliphatic carbocycles. The number of hydrogen-bond acceptors (Lipinski definition) is 1. The number of carbonyl (C=O) groups is 1. The molecule has 0 saturated carbocycles. The molecule has 15 heavy (non-hydrogen) atoms. The largest absolute Gasteiger partial charge is 0.338 e. The number of rotatable bonds is 3. The fraction of sp³-hybridized carbons (Fsp3) is 0.364. The minimum absolute atomic E-state index is 0.00789. The molecule has 0 heterocycles. The fourth-order valence-corrected chi connectivity index (χ4v) is 1.59. The number of halogens is 2. The van der Waals surface area contributed by atoms with Crippen LogP contribution in [0, 0.1) is 0 Å². The average Bonchev–Trinajstić information content (AvgIpc) is 2.27. The minimum atomic E-state index is -0.0842. The zero-order valence-electron chi connectivity index (χ0n) is 8.71. The Morgan fingerprint density at radius 3 is 2.40 bits per heavy atom. The van der Waals surface area contributed by atoms with Crippen molar-refractivity contribution in [1.82, 2.24) is 4.90 Å². The van der Waals surface area contributed by atoms with Gasteiger partial charge in [0.15, 0.2) is 0 Å². The minimum Gasteiger partial charge on any atom is -0.338 e. The van der Waals surface area contributed by atoms with Crippen molar-refractivity contribution in [2.45, 2.75) is 13.0 Å². The number of nitrogens with zero attached hydrogens (tertiary/aromatic N) is 1. The number of alkyl halides is 1. The quantitative estimate of drug-likeness (QED) is 0.750. The van der Waals surface area contributed by atoms with Crippen LogP contribution in [0.4, 0.5) is 0 Å². The van der Waals surface area contributed by atoms with E-state index >= 15 is 0 Å². The van der Waals surface area contributed by atoms with E-state index in [4.69, 9.17) is 23.2 Å². The molecule has 4 heteroatoms. The molecule has 82 valence electrons. The molecule has 0 spiro atoms. The second kappa shape index (κ2) is 5.38. The van der Waals surface area contributed by atoms with Crippen LogP contribution in [0.15, 0.2) is 24.3 Å². The summed E-state index contributed by atoms with van der Waals surface area (Å²) in [6.45, 7) is 1.95. The Hall–Kier alpha value is -0.730. The summed E-state index contributed by atoms with van der Waals surface area (Å²) in [4.78, 5) is 13.0. The van der Waals surface area contributed by atoms with Gasteiger partial charge in [0, 0.05) is 12.1 Å². The summed E-state index contributed by atoms with van der Waals surface area (Å²) in [6.07, 6.45) is 0. The van der Waals surface area contributed by atoms with Gasteiger partial charge in [-0.1, -0.05) is 23.7 Å². The van der Waals surface area contributed by atoms with Crippen LogP contribution in [0.1, 0.15) is 18.5 Å². The Kier molecular flexibility index (Phi) is 4.43. The van der Waals surface area contributed by atoms with Crippen molar-refractivity contribution >= 4 is 29.1 Å². The van der Waals surface area contributed by atoms with Gasteiger partial charge < -0.3 is 4.90 Å². The molecule has 1 amide bonds. The van der Waals surface area contributed by atoms with Crippen molar-refractivity contribution in [3.8, 4) is 0 Å². The molecule has 0 saturated heterocycles. The van der Waals surface area contributed by atoms with Crippen molar-refractivity contribution in [2.75, 3.05) is 12.9 Å². The van der Waals surface area contributed by atoms with E-state index in [0.29, 0.717) is 5.02 Å². The molecule has 0 bridgehead atoms. The number of benzene rings is 1. The van der Waals surface area contributed by atoms with Gasteiger partial charge in [-0.15, -0.1) is 11.6 Å². The molecule has 1 aromatic rings. The molecule has 1 aromatic carbocycles. The van der Waals surface area contributed by atoms with E-state index in [1.165, 1.54) is 0 Å². The highest BCUT2D eigenvalue weighted by atomic mass is 35.5. The van der Waals surface area contributed by atoms with Crippen LogP contribution in [-0.4, -0.2) is 23.7 Å². The lowest BCUT2D eigenvalue weighted by Gasteiger charge is -2.24. The van der Waals surface area contributed by atoms with Crippen LogP contribution in [0.25, 0.3) is 0 Å². The van der Waals surface area contributed by atoms with E-state index in [-0.39, 0.29) is 17.8 Å². The molecular formula is C11H13Cl2NO. The molecular weight excluding hydrogens is 233 g/mol. The molecule has 0 fully saturated rings. The zero-order chi connectivity index (χ0) is 11.4. The summed E-state index contributed by atoms with van der Waals surface area (Å²) in [5.41, 5.74) is 1.04. The first-order valence-electron chi connectivity index (χ1n) is 4.63. The van der Waals surface area contributed by atoms with Gasteiger partial charge in [0.1, 0.15) is 5.88 Å². The molecule has 1 atom stereocenters. The van der Waals surface area contributed by atoms with Gasteiger partial charge in [0.2, 0.25) is 5.91 Å². The summed E-state index contributed by atoms with van der Waals surface area (Å²) in [6, 6.07) is 7.45. The van der Waals surface area contributed by atoms with Gasteiger partial charge in [0.05, 0.1) is 6.04 Å². The highest BCUT2D eigenvalue weighted by molar-refractivity contribution is 6.30. The van der Waals surface area contributed by atoms with E-state index in [2.05, 4.69) is 0 Å². The van der Waals surface area contributed by atoms with E-state index in [9.17, 15) is 4.79 Å². The van der Waals surface area contributed by atoms with Crippen LogP contribution in [-0.2, 0) is 4.79 Å². The summed E-state index contributed by atoms with van der Waals surface area (Å²) in [7, 11) is 1.74. The van der Waals surface area contributed by atoms with Crippen LogP contribution in [0.5, 0.6) is 0 Å². The first kappa shape index (κ1) is 12.3. The van der Waals surface area contributed by atoms with Crippen molar-refractivity contribution < 1.29 is 4.79 Å². The predicted molar refractivity (Wildman–Crippen MR) is 63.4 cm³/mol. The maximum atomic E-state index is 11.4. The Bertz CT molecular complexity index is 337. The van der Waals surface area contributed by atoms with Crippen molar-refractivity contribution in [3.63, 3.8) is 0 Å². The third-order valence-electron chi connectivity index (χ3n) is 2.44. The second-order valence-electron chi connectivity index (χ2n) is 3.37. The highest BCUT2D eigenvalue weighted by Crippen LogP contribution is 2.20. The normalized spacial score (nSPS) is 12.3. The van der Waals surface area contributed by atoms with E-state index in [1.54, 1.807) is 11.9 Å². The van der Waals surface area contributed by atoms with Gasteiger partial charge >= 0.3 is 0 Å². The molecule has 1 unspecified atom stereocenters. The maximum absolute atomic E-state index is 11.4. The molecule has 0 aromatic heterocycles. The fourth-order valence-electron chi connectivity index (χ4n) is 1.28. The van der Waals surface area contributed by atoms with Gasteiger partial charge in [-0.2, -0.15) is 0 Å². The van der Waals surface area contributed by atoms with E-state index in [0.717, 1.165) is 5.56 Å². The predicted octanol–water partition coefficient (Wildman–Crippen LogP) is 3.10. The van der Waals surface area contributed by atoms with Crippen molar-refractivity contribution in [1.29, 1.82) is 0 Å². The first-order chi connectivity index (χ1) is 7.06. The third-order valence-corrected chi connectivity index (χ3v) is 2.92. The first-order valence-corrected chi connectivity index (χ1v) is 5.54. The Labute approximate surface area is 99.8 Å². The molecule has 0 aliphatic heterocycles. The van der Waals surface area contributed by atoms with Gasteiger partial charge in [-0.05, 0) is 24.6 Å². The van der Waals surface area contributed by atoms with Gasteiger partial charge in [0.25, 0.3) is 0 Å². The lowest BCUT2D eigenvalue weighted by molar-refractivity contribution is -0.129. The van der Waals surface area contributed by atoms with Crippen LogP contribution >= 0.6 is 23.2 Å². The van der Waals surface area contributed by atoms with Crippen LogP contribution < -0.4 is 0 Å². The Balaban J connectivity index is 2.80. The van der Waals surface area contributed by atoms with Gasteiger partial charge in [-0.3, -0.25) is 4.79 Å². The van der Waals surface area contributed by atoms with Crippen LogP contribution in [0.3, 0.4) is 0 Å². The summed E-state index contributed by atoms with van der Waals surface area (Å²) < 4.78 is 0. The second-order valence-corrected chi connectivity index (χ2v) is 4.07. The van der Waals surface area contributed by atoms with E-state index in [1.807, 2.05) is 31.2 Å². The number of amides is 1. The monoisotopic (exact) mass is 245 g/mol. The standard InChI is InChI=1S/C11H13Cl2NO/c1-8(14(2)11(15)7-12)9-3-5-10(13)6-4-9/h3-6,8H,7H2,1-2H3. The lowest BCUT2D eigenvalue weighted by atomic mass is 10.1. The van der Waals surface area contributed by atoms with Gasteiger partial charge in [-0.25, -0.2) is 0 Å². The average molecular weight is 246 g/mol. The molecule has 1 rings (SSSR count). The van der Waals surface area contributed by atoms with Crippen molar-refractivity contribution in [3.05, 3.63) is 34.9 Å². The molecule has 0 radical (unpaired) electrons.